The first-order chi connectivity index (χ1) is 8.15. The summed E-state index contributed by atoms with van der Waals surface area (Å²) in [5, 5.41) is 0. The largest absolute Gasteiger partial charge is 0.496 e. The summed E-state index contributed by atoms with van der Waals surface area (Å²) in [5.74, 6) is 0.900. The first kappa shape index (κ1) is 12.2. The van der Waals surface area contributed by atoms with Gasteiger partial charge in [0.25, 0.3) is 0 Å². The van der Waals surface area contributed by atoms with Gasteiger partial charge in [-0.2, -0.15) is 0 Å². The average molecular weight is 234 g/mol. The van der Waals surface area contributed by atoms with E-state index in [0.29, 0.717) is 6.04 Å². The Hall–Kier alpha value is -1.22. The van der Waals surface area contributed by atoms with Crippen molar-refractivity contribution < 1.29 is 4.74 Å². The number of methoxy groups -OCH3 is 1. The molecule has 3 heteroatoms. The Labute approximate surface area is 104 Å². The first-order valence-electron chi connectivity index (χ1n) is 6.34. The number of nitrogens with zero attached hydrogens (tertiary/aromatic N) is 1. The third-order valence-corrected chi connectivity index (χ3v) is 3.58. The predicted octanol–water partition coefficient (Wildman–Crippen LogP) is 2.70. The molecule has 2 rings (SSSR count). The van der Waals surface area contributed by atoms with E-state index in [1.165, 1.54) is 18.5 Å². The van der Waals surface area contributed by atoms with Crippen molar-refractivity contribution in [3.05, 3.63) is 23.8 Å². The number of nitrogens with two attached hydrogens (primary N) is 1. The highest BCUT2D eigenvalue weighted by Gasteiger charge is 2.25. The maximum atomic E-state index is 6.10. The van der Waals surface area contributed by atoms with E-state index in [1.807, 2.05) is 19.1 Å². The van der Waals surface area contributed by atoms with E-state index in [1.54, 1.807) is 7.11 Å². The molecule has 1 fully saturated rings. The Kier molecular flexibility index (Phi) is 3.57. The molecule has 0 aromatic heterocycles. The van der Waals surface area contributed by atoms with Crippen molar-refractivity contribution in [2.75, 3.05) is 18.6 Å². The standard InChI is InChI=1S/C14H22N2O/c1-10-6-5-9-16(10)12-7-4-8-13(17-3)14(12)11(2)15/h4,7-8,10-11H,5-6,9,15H2,1-3H3/t10?,11-/m1/s1. The molecule has 94 valence electrons. The lowest BCUT2D eigenvalue weighted by atomic mass is 10.0. The minimum Gasteiger partial charge on any atom is -0.496 e. The van der Waals surface area contributed by atoms with Gasteiger partial charge in [-0.25, -0.2) is 0 Å². The molecule has 0 radical (unpaired) electrons. The normalized spacial score (nSPS) is 21.6. The van der Waals surface area contributed by atoms with E-state index in [0.717, 1.165) is 17.9 Å². The van der Waals surface area contributed by atoms with Crippen molar-refractivity contribution in [3.63, 3.8) is 0 Å². The van der Waals surface area contributed by atoms with Crippen molar-refractivity contribution in [1.29, 1.82) is 0 Å². The molecule has 1 saturated heterocycles. The second kappa shape index (κ2) is 4.96. The van der Waals surface area contributed by atoms with Gasteiger partial charge in [0.1, 0.15) is 5.75 Å². The second-order valence-electron chi connectivity index (χ2n) is 4.87. The van der Waals surface area contributed by atoms with Gasteiger partial charge >= 0.3 is 0 Å². The van der Waals surface area contributed by atoms with Crippen LogP contribution in [0.2, 0.25) is 0 Å². The molecule has 3 nitrogen and oxygen atoms in total. The number of ether oxygens (including phenoxy) is 1. The summed E-state index contributed by atoms with van der Waals surface area (Å²) in [5.41, 5.74) is 8.47. The summed E-state index contributed by atoms with van der Waals surface area (Å²) >= 11 is 0. The Balaban J connectivity index is 2.45. The molecular formula is C14H22N2O. The van der Waals surface area contributed by atoms with Crippen LogP contribution in [-0.2, 0) is 0 Å². The molecule has 0 aliphatic carbocycles. The molecule has 0 spiro atoms. The van der Waals surface area contributed by atoms with Crippen LogP contribution in [0.1, 0.15) is 38.3 Å². The number of anilines is 1. The Morgan fingerprint density at radius 2 is 2.24 bits per heavy atom. The highest BCUT2D eigenvalue weighted by atomic mass is 16.5. The summed E-state index contributed by atoms with van der Waals surface area (Å²) in [6, 6.07) is 6.78. The maximum Gasteiger partial charge on any atom is 0.125 e. The molecule has 0 saturated carbocycles. The number of rotatable bonds is 3. The van der Waals surface area contributed by atoms with Gasteiger partial charge < -0.3 is 15.4 Å². The van der Waals surface area contributed by atoms with Gasteiger partial charge in [-0.1, -0.05) is 6.07 Å². The molecule has 1 unspecified atom stereocenters. The van der Waals surface area contributed by atoms with Gasteiger partial charge in [0, 0.05) is 29.9 Å². The van der Waals surface area contributed by atoms with Gasteiger partial charge in [0.15, 0.2) is 0 Å². The molecule has 1 aliphatic heterocycles. The minimum atomic E-state index is -0.00560. The number of benzene rings is 1. The van der Waals surface area contributed by atoms with E-state index in [4.69, 9.17) is 10.5 Å². The number of hydrogen-bond acceptors (Lipinski definition) is 3. The van der Waals surface area contributed by atoms with Crippen molar-refractivity contribution in [1.82, 2.24) is 0 Å². The molecular weight excluding hydrogens is 212 g/mol. The van der Waals surface area contributed by atoms with E-state index >= 15 is 0 Å². The van der Waals surface area contributed by atoms with E-state index in [-0.39, 0.29) is 6.04 Å². The average Bonchev–Trinajstić information content (AvgIpc) is 2.74. The highest BCUT2D eigenvalue weighted by Crippen LogP contribution is 2.36. The monoisotopic (exact) mass is 234 g/mol. The second-order valence-corrected chi connectivity index (χ2v) is 4.87. The SMILES string of the molecule is COc1cccc(N2CCCC2C)c1[C@@H](C)N. The third-order valence-electron chi connectivity index (χ3n) is 3.58. The van der Waals surface area contributed by atoms with Gasteiger partial charge in [-0.05, 0) is 38.8 Å². The Morgan fingerprint density at radius 3 is 2.76 bits per heavy atom. The summed E-state index contributed by atoms with van der Waals surface area (Å²) in [6.07, 6.45) is 2.52. The molecule has 0 amide bonds. The van der Waals surface area contributed by atoms with Crippen LogP contribution in [0.15, 0.2) is 18.2 Å². The molecule has 2 N–H and O–H groups in total. The first-order valence-corrected chi connectivity index (χ1v) is 6.34. The fraction of sp³-hybridized carbons (Fsp3) is 0.571. The van der Waals surface area contributed by atoms with Crippen LogP contribution in [0.4, 0.5) is 5.69 Å². The molecule has 1 aromatic rings. The number of hydrogen-bond donors (Lipinski definition) is 1. The highest BCUT2D eigenvalue weighted by molar-refractivity contribution is 5.61. The minimum absolute atomic E-state index is 0.00560. The molecule has 1 aliphatic rings. The Morgan fingerprint density at radius 1 is 1.47 bits per heavy atom. The van der Waals surface area contributed by atoms with E-state index in [9.17, 15) is 0 Å². The fourth-order valence-electron chi connectivity index (χ4n) is 2.71. The maximum absolute atomic E-state index is 6.10. The van der Waals surface area contributed by atoms with Crippen molar-refractivity contribution in [2.24, 2.45) is 5.73 Å². The Bertz CT molecular complexity index is 390. The fourth-order valence-corrected chi connectivity index (χ4v) is 2.71. The van der Waals surface area contributed by atoms with E-state index < -0.39 is 0 Å². The zero-order valence-corrected chi connectivity index (χ0v) is 10.9. The van der Waals surface area contributed by atoms with E-state index in [2.05, 4.69) is 17.9 Å². The van der Waals surface area contributed by atoms with Crippen LogP contribution in [0.5, 0.6) is 5.75 Å². The quantitative estimate of drug-likeness (QED) is 0.874. The summed E-state index contributed by atoms with van der Waals surface area (Å²) in [7, 11) is 1.71. The van der Waals surface area contributed by atoms with Crippen LogP contribution >= 0.6 is 0 Å². The lowest BCUT2D eigenvalue weighted by Gasteiger charge is -2.28. The third kappa shape index (κ3) is 2.25. The van der Waals surface area contributed by atoms with Crippen molar-refractivity contribution >= 4 is 5.69 Å². The van der Waals surface area contributed by atoms with Gasteiger partial charge in [0.2, 0.25) is 0 Å². The van der Waals surface area contributed by atoms with Gasteiger partial charge in [-0.15, -0.1) is 0 Å². The zero-order chi connectivity index (χ0) is 12.4. The molecule has 0 bridgehead atoms. The predicted molar refractivity (Wildman–Crippen MR) is 71.6 cm³/mol. The molecule has 17 heavy (non-hydrogen) atoms. The van der Waals surface area contributed by atoms with Crippen molar-refractivity contribution in [3.8, 4) is 5.75 Å². The topological polar surface area (TPSA) is 38.5 Å². The summed E-state index contributed by atoms with van der Waals surface area (Å²) < 4.78 is 5.44. The lowest BCUT2D eigenvalue weighted by molar-refractivity contribution is 0.407. The molecule has 2 atom stereocenters. The van der Waals surface area contributed by atoms with Crippen LogP contribution < -0.4 is 15.4 Å². The molecule has 1 aromatic carbocycles. The zero-order valence-electron chi connectivity index (χ0n) is 10.9. The summed E-state index contributed by atoms with van der Waals surface area (Å²) in [6.45, 7) is 5.41. The smallest absolute Gasteiger partial charge is 0.125 e. The van der Waals surface area contributed by atoms with Crippen LogP contribution in [-0.4, -0.2) is 19.7 Å². The van der Waals surface area contributed by atoms with Crippen molar-refractivity contribution in [2.45, 2.75) is 38.8 Å². The van der Waals surface area contributed by atoms with Crippen LogP contribution in [0, 0.1) is 0 Å². The molecule has 1 heterocycles. The lowest BCUT2D eigenvalue weighted by Crippen LogP contribution is -2.28. The summed E-state index contributed by atoms with van der Waals surface area (Å²) in [4.78, 5) is 2.45. The van der Waals surface area contributed by atoms with Crippen LogP contribution in [0.3, 0.4) is 0 Å². The van der Waals surface area contributed by atoms with Gasteiger partial charge in [-0.3, -0.25) is 0 Å². The van der Waals surface area contributed by atoms with Gasteiger partial charge in [0.05, 0.1) is 7.11 Å². The van der Waals surface area contributed by atoms with Crippen LogP contribution in [0.25, 0.3) is 0 Å².